The van der Waals surface area contributed by atoms with Gasteiger partial charge in [-0.2, -0.15) is 0 Å². The summed E-state index contributed by atoms with van der Waals surface area (Å²) < 4.78 is 39.8. The molecule has 0 spiro atoms. The number of carbonyl (C=O) groups excluding carboxylic acids is 1. The van der Waals surface area contributed by atoms with Gasteiger partial charge in [0.2, 0.25) is 5.91 Å². The molecule has 8 heteroatoms. The quantitative estimate of drug-likeness (QED) is 0.689. The van der Waals surface area contributed by atoms with Crippen molar-refractivity contribution in [3.05, 3.63) is 59.5 Å². The van der Waals surface area contributed by atoms with Crippen LogP contribution in [-0.4, -0.2) is 47.4 Å². The van der Waals surface area contributed by atoms with Crippen molar-refractivity contribution < 1.29 is 27.4 Å². The number of sulfone groups is 1. The van der Waals surface area contributed by atoms with Gasteiger partial charge >= 0.3 is 0 Å². The van der Waals surface area contributed by atoms with E-state index in [1.165, 1.54) is 25.2 Å². The summed E-state index contributed by atoms with van der Waals surface area (Å²) in [7, 11) is 1.25. The molecule has 1 aliphatic rings. The van der Waals surface area contributed by atoms with Gasteiger partial charge in [0.1, 0.15) is 17.2 Å². The third kappa shape index (κ3) is 4.71. The largest absolute Gasteiger partial charge is 0.497 e. The zero-order chi connectivity index (χ0) is 21.0. The van der Waals surface area contributed by atoms with Gasteiger partial charge in [-0.05, 0) is 35.9 Å². The van der Waals surface area contributed by atoms with Gasteiger partial charge in [-0.1, -0.05) is 12.1 Å². The lowest BCUT2D eigenvalue weighted by Crippen LogP contribution is -2.42. The van der Waals surface area contributed by atoms with Gasteiger partial charge in [-0.15, -0.1) is 0 Å². The van der Waals surface area contributed by atoms with E-state index in [1.54, 1.807) is 49.6 Å². The van der Waals surface area contributed by atoms with E-state index in [-0.39, 0.29) is 18.1 Å². The zero-order valence-electron chi connectivity index (χ0n) is 16.5. The van der Waals surface area contributed by atoms with Crippen LogP contribution in [0.1, 0.15) is 5.56 Å². The number of hydrogen-bond donors (Lipinski definition) is 0. The third-order valence-corrected chi connectivity index (χ3v) is 6.05. The van der Waals surface area contributed by atoms with E-state index in [2.05, 4.69) is 0 Å². The number of carbonyl (C=O) groups is 1. The van der Waals surface area contributed by atoms with Gasteiger partial charge in [-0.3, -0.25) is 4.79 Å². The molecule has 0 saturated carbocycles. The number of hydrogen-bond acceptors (Lipinski definition) is 6. The molecule has 0 saturated heterocycles. The summed E-state index contributed by atoms with van der Waals surface area (Å²) in [5.74, 6) is 1.27. The van der Waals surface area contributed by atoms with Crippen LogP contribution >= 0.6 is 0 Å². The second-order valence-corrected chi connectivity index (χ2v) is 8.48. The van der Waals surface area contributed by atoms with Gasteiger partial charge in [0.15, 0.2) is 9.84 Å². The van der Waals surface area contributed by atoms with Crippen LogP contribution < -0.4 is 19.1 Å². The van der Waals surface area contributed by atoms with E-state index in [0.29, 0.717) is 22.9 Å². The second-order valence-electron chi connectivity index (χ2n) is 6.55. The number of nitrogens with zero attached hydrogens (tertiary/aromatic N) is 1. The summed E-state index contributed by atoms with van der Waals surface area (Å²) >= 11 is 0. The smallest absolute Gasteiger partial charge is 0.232 e. The maximum Gasteiger partial charge on any atom is 0.232 e. The van der Waals surface area contributed by atoms with Crippen molar-refractivity contribution in [2.75, 3.05) is 32.0 Å². The highest BCUT2D eigenvalue weighted by atomic mass is 32.2. The van der Waals surface area contributed by atoms with Crippen molar-refractivity contribution >= 4 is 21.4 Å². The number of methoxy groups -OCH3 is 3. The first-order chi connectivity index (χ1) is 13.9. The van der Waals surface area contributed by atoms with E-state index < -0.39 is 15.9 Å². The van der Waals surface area contributed by atoms with E-state index >= 15 is 0 Å². The molecule has 1 heterocycles. The standard InChI is InChI=1S/C21H23NO6S/c1-26-17-6-4-15(5-7-17)12-21(23)22(16-10-11-29(24,25)14-16)19-9-8-18(27-2)13-20(19)28-3/h4-11,13,16H,12,14H2,1-3H3. The summed E-state index contributed by atoms with van der Waals surface area (Å²) in [5, 5.41) is 1.15. The van der Waals surface area contributed by atoms with Crippen molar-refractivity contribution in [3.63, 3.8) is 0 Å². The highest BCUT2D eigenvalue weighted by molar-refractivity contribution is 7.94. The number of ether oxygens (including phenoxy) is 3. The molecule has 7 nitrogen and oxygen atoms in total. The number of rotatable bonds is 7. The van der Waals surface area contributed by atoms with Gasteiger partial charge in [0, 0.05) is 11.5 Å². The summed E-state index contributed by atoms with van der Waals surface area (Å²) in [4.78, 5) is 14.7. The molecular weight excluding hydrogens is 394 g/mol. The number of amides is 1. The first-order valence-electron chi connectivity index (χ1n) is 8.95. The lowest BCUT2D eigenvalue weighted by atomic mass is 10.1. The predicted octanol–water partition coefficient (Wildman–Crippen LogP) is 2.60. The molecule has 29 heavy (non-hydrogen) atoms. The normalized spacial score (nSPS) is 17.0. The predicted molar refractivity (Wildman–Crippen MR) is 110 cm³/mol. The van der Waals surface area contributed by atoms with Gasteiger partial charge in [0.25, 0.3) is 0 Å². The molecular formula is C21H23NO6S. The van der Waals surface area contributed by atoms with Crippen molar-refractivity contribution in [3.8, 4) is 17.2 Å². The Morgan fingerprint density at radius 1 is 1.00 bits per heavy atom. The summed E-state index contributed by atoms with van der Waals surface area (Å²) in [6.45, 7) is 0. The Morgan fingerprint density at radius 2 is 1.66 bits per heavy atom. The number of benzene rings is 2. The van der Waals surface area contributed by atoms with Crippen molar-refractivity contribution in [1.29, 1.82) is 0 Å². The average molecular weight is 417 g/mol. The zero-order valence-corrected chi connectivity index (χ0v) is 17.3. The minimum atomic E-state index is -3.35. The Labute approximate surface area is 170 Å². The van der Waals surface area contributed by atoms with E-state index in [1.807, 2.05) is 0 Å². The van der Waals surface area contributed by atoms with Crippen LogP contribution in [0.3, 0.4) is 0 Å². The average Bonchev–Trinajstić information content (AvgIpc) is 3.08. The molecule has 1 amide bonds. The fraction of sp³-hybridized carbons (Fsp3) is 0.286. The second kappa shape index (κ2) is 8.57. The molecule has 3 rings (SSSR count). The molecule has 0 fully saturated rings. The highest BCUT2D eigenvalue weighted by Crippen LogP contribution is 2.35. The molecule has 0 aromatic heterocycles. The van der Waals surface area contributed by atoms with Gasteiger partial charge < -0.3 is 19.1 Å². The molecule has 0 radical (unpaired) electrons. The summed E-state index contributed by atoms with van der Waals surface area (Å²) in [6, 6.07) is 11.6. The van der Waals surface area contributed by atoms with Gasteiger partial charge in [0.05, 0.1) is 45.2 Å². The monoisotopic (exact) mass is 417 g/mol. The fourth-order valence-electron chi connectivity index (χ4n) is 3.21. The highest BCUT2D eigenvalue weighted by Gasteiger charge is 2.33. The topological polar surface area (TPSA) is 82.1 Å². The van der Waals surface area contributed by atoms with Crippen LogP contribution in [-0.2, 0) is 21.1 Å². The van der Waals surface area contributed by atoms with Crippen LogP contribution in [0, 0.1) is 0 Å². The summed E-state index contributed by atoms with van der Waals surface area (Å²) in [6.07, 6.45) is 1.63. The molecule has 0 aliphatic carbocycles. The molecule has 1 aliphatic heterocycles. The molecule has 2 aromatic carbocycles. The Kier molecular flexibility index (Phi) is 6.12. The number of anilines is 1. The maximum absolute atomic E-state index is 13.3. The molecule has 1 atom stereocenters. The van der Waals surface area contributed by atoms with Crippen LogP contribution in [0.2, 0.25) is 0 Å². The molecule has 0 bridgehead atoms. The lowest BCUT2D eigenvalue weighted by molar-refractivity contribution is -0.118. The van der Waals surface area contributed by atoms with Crippen LogP contribution in [0.5, 0.6) is 17.2 Å². The maximum atomic E-state index is 13.3. The SMILES string of the molecule is COc1ccc(CC(=O)N(c2ccc(OC)cc2OC)C2C=CS(=O)(=O)C2)cc1. The Balaban J connectivity index is 1.97. The lowest BCUT2D eigenvalue weighted by Gasteiger charge is -2.29. The molecule has 2 aromatic rings. The van der Waals surface area contributed by atoms with Crippen LogP contribution in [0.4, 0.5) is 5.69 Å². The van der Waals surface area contributed by atoms with Gasteiger partial charge in [-0.25, -0.2) is 8.42 Å². The van der Waals surface area contributed by atoms with Crippen LogP contribution in [0.15, 0.2) is 53.9 Å². The fourth-order valence-corrected chi connectivity index (χ4v) is 4.47. The Morgan fingerprint density at radius 3 is 2.21 bits per heavy atom. The molecule has 1 unspecified atom stereocenters. The van der Waals surface area contributed by atoms with Crippen molar-refractivity contribution in [2.24, 2.45) is 0 Å². The first kappa shape index (κ1) is 20.7. The van der Waals surface area contributed by atoms with E-state index in [9.17, 15) is 13.2 Å². The van der Waals surface area contributed by atoms with Crippen LogP contribution in [0.25, 0.3) is 0 Å². The minimum absolute atomic E-state index is 0.101. The van der Waals surface area contributed by atoms with E-state index in [0.717, 1.165) is 11.0 Å². The summed E-state index contributed by atoms with van der Waals surface area (Å²) in [5.41, 5.74) is 1.27. The first-order valence-corrected chi connectivity index (χ1v) is 10.7. The third-order valence-electron chi connectivity index (χ3n) is 4.67. The van der Waals surface area contributed by atoms with E-state index in [4.69, 9.17) is 14.2 Å². The Bertz CT molecular complexity index is 1010. The van der Waals surface area contributed by atoms with Crippen molar-refractivity contribution in [2.45, 2.75) is 12.5 Å². The molecule has 154 valence electrons. The Hall–Kier alpha value is -3.00. The minimum Gasteiger partial charge on any atom is -0.497 e. The van der Waals surface area contributed by atoms with Crippen molar-refractivity contribution in [1.82, 2.24) is 0 Å². The molecule has 0 N–H and O–H groups in total.